The van der Waals surface area contributed by atoms with Crippen LogP contribution in [0.1, 0.15) is 191 Å². The summed E-state index contributed by atoms with van der Waals surface area (Å²) in [4.78, 5) is 0. The van der Waals surface area contributed by atoms with E-state index in [1.54, 1.807) is 12.1 Å². The average molecular weight is 1030 g/mol. The SMILES string of the molecule is CCCC1CCC(C2CCC(C(CN)CN)CC2)CC1.CCCCCC1CCC(c2ccc(CCOC(CN)CN)c(F)c2)CC1.CCCCCc1ccc(-c2cc(OCCCN)cc(OCCCN)c2)c(F)c1. The first-order valence-corrected chi connectivity index (χ1v) is 29.9. The minimum atomic E-state index is -0.221. The maximum Gasteiger partial charge on any atom is 0.131 e. The van der Waals surface area contributed by atoms with Crippen LogP contribution in [0.5, 0.6) is 11.5 Å². The van der Waals surface area contributed by atoms with Gasteiger partial charge in [0.15, 0.2) is 0 Å². The Morgan fingerprint density at radius 2 is 1.09 bits per heavy atom. The van der Waals surface area contributed by atoms with Crippen molar-refractivity contribution in [3.05, 3.63) is 82.9 Å². The van der Waals surface area contributed by atoms with E-state index in [-0.39, 0.29) is 17.7 Å². The molecule has 0 unspecified atom stereocenters. The highest BCUT2D eigenvalue weighted by Gasteiger charge is 2.32. The molecule has 3 aliphatic rings. The monoisotopic (exact) mass is 1030 g/mol. The van der Waals surface area contributed by atoms with Gasteiger partial charge in [0.25, 0.3) is 0 Å². The lowest BCUT2D eigenvalue weighted by molar-refractivity contribution is 0.0669. The molecule has 0 spiro atoms. The molecule has 3 saturated carbocycles. The van der Waals surface area contributed by atoms with Gasteiger partial charge in [0.1, 0.15) is 23.1 Å². The summed E-state index contributed by atoms with van der Waals surface area (Å²) in [6.07, 6.45) is 31.2. The second kappa shape index (κ2) is 37.6. The van der Waals surface area contributed by atoms with Gasteiger partial charge in [0.05, 0.1) is 25.9 Å². The Morgan fingerprint density at radius 1 is 0.514 bits per heavy atom. The fraction of sp³-hybridized carbons (Fsp3) is 0.714. The van der Waals surface area contributed by atoms with E-state index in [1.807, 2.05) is 36.4 Å². The van der Waals surface area contributed by atoms with Gasteiger partial charge >= 0.3 is 0 Å². The molecule has 74 heavy (non-hydrogen) atoms. The van der Waals surface area contributed by atoms with Crippen LogP contribution in [0.15, 0.2) is 54.6 Å². The first-order valence-electron chi connectivity index (χ1n) is 29.9. The average Bonchev–Trinajstić information content (AvgIpc) is 3.42. The third kappa shape index (κ3) is 22.8. The number of unbranched alkanes of at least 4 members (excludes halogenated alkanes) is 4. The summed E-state index contributed by atoms with van der Waals surface area (Å²) in [7, 11) is 0. The summed E-state index contributed by atoms with van der Waals surface area (Å²) in [6, 6.07) is 16.8. The van der Waals surface area contributed by atoms with E-state index in [0.29, 0.717) is 81.3 Å². The van der Waals surface area contributed by atoms with Crippen LogP contribution in [0.2, 0.25) is 0 Å². The smallest absolute Gasteiger partial charge is 0.131 e. The van der Waals surface area contributed by atoms with Crippen LogP contribution in [0, 0.1) is 47.1 Å². The lowest BCUT2D eigenvalue weighted by Gasteiger charge is -2.39. The van der Waals surface area contributed by atoms with Gasteiger partial charge in [0, 0.05) is 24.7 Å². The van der Waals surface area contributed by atoms with E-state index < -0.39 is 0 Å². The van der Waals surface area contributed by atoms with Crippen molar-refractivity contribution in [1.29, 1.82) is 0 Å². The van der Waals surface area contributed by atoms with Gasteiger partial charge in [-0.15, -0.1) is 0 Å². The first-order chi connectivity index (χ1) is 36.1. The maximum atomic E-state index is 14.8. The molecule has 3 aromatic carbocycles. The predicted octanol–water partition coefficient (Wildman–Crippen LogP) is 13.1. The molecule has 0 aliphatic heterocycles. The van der Waals surface area contributed by atoms with Crippen molar-refractivity contribution >= 4 is 0 Å². The second-order valence-corrected chi connectivity index (χ2v) is 22.2. The van der Waals surface area contributed by atoms with Crippen LogP contribution in [0.25, 0.3) is 11.1 Å². The Kier molecular flexibility index (Phi) is 32.2. The molecule has 0 saturated heterocycles. The molecule has 9 nitrogen and oxygen atoms in total. The maximum absolute atomic E-state index is 14.8. The van der Waals surface area contributed by atoms with Crippen LogP contribution < -0.4 is 43.9 Å². The molecular weight excluding hydrogens is 927 g/mol. The molecule has 0 radical (unpaired) electrons. The summed E-state index contributed by atoms with van der Waals surface area (Å²) < 4.78 is 46.4. The van der Waals surface area contributed by atoms with E-state index in [2.05, 4.69) is 26.8 Å². The number of rotatable bonds is 30. The number of hydrogen-bond donors (Lipinski definition) is 6. The molecule has 6 rings (SSSR count). The zero-order valence-corrected chi connectivity index (χ0v) is 46.8. The number of aryl methyl sites for hydroxylation is 1. The van der Waals surface area contributed by atoms with Crippen molar-refractivity contribution in [2.24, 2.45) is 69.9 Å². The van der Waals surface area contributed by atoms with Crippen LogP contribution in [0.3, 0.4) is 0 Å². The van der Waals surface area contributed by atoms with Gasteiger partial charge in [0.2, 0.25) is 0 Å². The normalized spacial score (nSPS) is 20.9. The third-order valence-electron chi connectivity index (χ3n) is 16.7. The quantitative estimate of drug-likeness (QED) is 0.0354. The minimum absolute atomic E-state index is 0.104. The fourth-order valence-electron chi connectivity index (χ4n) is 11.9. The lowest BCUT2D eigenvalue weighted by atomic mass is 9.67. The summed E-state index contributed by atoms with van der Waals surface area (Å²) in [5.41, 5.74) is 38.1. The Labute approximate surface area is 449 Å². The van der Waals surface area contributed by atoms with Gasteiger partial charge in [-0.1, -0.05) is 109 Å². The molecule has 11 heteroatoms. The van der Waals surface area contributed by atoms with Crippen molar-refractivity contribution in [2.75, 3.05) is 59.1 Å². The highest BCUT2D eigenvalue weighted by molar-refractivity contribution is 5.68. The van der Waals surface area contributed by atoms with Crippen LogP contribution >= 0.6 is 0 Å². The standard InChI is InChI=1S/C23H33FN2O2.C22H37FN2O.C18H36N2/c1-2-3-4-7-18-8-9-22(23(24)14-18)19-15-20(27-12-5-10-25)17-21(16-19)28-13-6-11-26;1-2-3-4-5-17-6-8-18(9-7-17)20-11-10-19(22(23)14-20)12-13-26-21(15-24)16-25;1-2-3-14-4-6-15(7-5-14)16-8-10-17(11-9-16)18(12-19)13-20/h8-9,14-17H,2-7,10-13,25-26H2,1H3;10-11,14,17-18,21H,2-9,12-13,15-16,24-25H2,1H3;14-18H,2-13,19-20H2,1H3. The van der Waals surface area contributed by atoms with Crippen molar-refractivity contribution in [3.8, 4) is 22.6 Å². The van der Waals surface area contributed by atoms with Gasteiger partial charge in [-0.05, 0) is 210 Å². The van der Waals surface area contributed by atoms with Gasteiger partial charge in [-0.2, -0.15) is 0 Å². The summed E-state index contributed by atoms with van der Waals surface area (Å²) in [6.45, 7) is 11.7. The Morgan fingerprint density at radius 3 is 1.64 bits per heavy atom. The molecular formula is C63H106F2N6O3. The molecule has 0 aromatic heterocycles. The molecule has 420 valence electrons. The fourth-order valence-corrected chi connectivity index (χ4v) is 11.9. The predicted molar refractivity (Wildman–Crippen MR) is 308 cm³/mol. The number of ether oxygens (including phenoxy) is 3. The Bertz CT molecular complexity index is 1860. The summed E-state index contributed by atoms with van der Waals surface area (Å²) in [5.74, 6) is 6.89. The van der Waals surface area contributed by atoms with Gasteiger partial charge in [-0.3, -0.25) is 0 Å². The number of hydrogen-bond acceptors (Lipinski definition) is 9. The molecule has 3 aromatic rings. The molecule has 12 N–H and O–H groups in total. The van der Waals surface area contributed by atoms with Crippen molar-refractivity contribution in [1.82, 2.24) is 0 Å². The van der Waals surface area contributed by atoms with Gasteiger partial charge < -0.3 is 48.6 Å². The van der Waals surface area contributed by atoms with E-state index >= 15 is 0 Å². The van der Waals surface area contributed by atoms with Crippen LogP contribution in [-0.4, -0.2) is 65.2 Å². The van der Waals surface area contributed by atoms with Gasteiger partial charge in [-0.25, -0.2) is 8.78 Å². The summed E-state index contributed by atoms with van der Waals surface area (Å²) in [5, 5.41) is 0. The minimum Gasteiger partial charge on any atom is -0.493 e. The third-order valence-corrected chi connectivity index (χ3v) is 16.7. The van der Waals surface area contributed by atoms with Crippen LogP contribution in [0.4, 0.5) is 8.78 Å². The molecule has 0 heterocycles. The number of benzene rings is 3. The van der Waals surface area contributed by atoms with Crippen molar-refractivity contribution in [3.63, 3.8) is 0 Å². The number of halogens is 2. The Hall–Kier alpha value is -3.16. The molecule has 0 amide bonds. The lowest BCUT2D eigenvalue weighted by Crippen LogP contribution is -2.34. The Balaban J connectivity index is 0.000000244. The highest BCUT2D eigenvalue weighted by Crippen LogP contribution is 2.44. The van der Waals surface area contributed by atoms with Crippen LogP contribution in [-0.2, 0) is 17.6 Å². The first kappa shape index (κ1) is 63.4. The summed E-state index contributed by atoms with van der Waals surface area (Å²) >= 11 is 0. The van der Waals surface area contributed by atoms with E-state index in [0.717, 1.165) is 97.9 Å². The second-order valence-electron chi connectivity index (χ2n) is 22.2. The molecule has 3 fully saturated rings. The molecule has 3 aliphatic carbocycles. The topological polar surface area (TPSA) is 184 Å². The molecule has 0 bridgehead atoms. The highest BCUT2D eigenvalue weighted by atomic mass is 19.1. The number of nitrogens with two attached hydrogens (primary N) is 6. The van der Waals surface area contributed by atoms with E-state index in [4.69, 9.17) is 48.6 Å². The van der Waals surface area contributed by atoms with E-state index in [1.165, 1.54) is 121 Å². The van der Waals surface area contributed by atoms with Crippen molar-refractivity contribution < 1.29 is 23.0 Å². The van der Waals surface area contributed by atoms with Crippen molar-refractivity contribution in [2.45, 2.75) is 193 Å². The zero-order valence-electron chi connectivity index (χ0n) is 46.8. The molecule has 0 atom stereocenters. The van der Waals surface area contributed by atoms with E-state index in [9.17, 15) is 8.78 Å². The zero-order chi connectivity index (χ0) is 53.3. The largest absolute Gasteiger partial charge is 0.493 e.